The fourth-order valence-electron chi connectivity index (χ4n) is 2.99. The molecule has 0 heterocycles. The summed E-state index contributed by atoms with van der Waals surface area (Å²) in [7, 11) is 1.53. The minimum atomic E-state index is -0.286. The van der Waals surface area contributed by atoms with E-state index >= 15 is 0 Å². The molecule has 1 aliphatic carbocycles. The monoisotopic (exact) mass is 330 g/mol. The molecular formula is C16H24ClFN2O2. The smallest absolute Gasteiger partial charge is 0.223 e. The summed E-state index contributed by atoms with van der Waals surface area (Å²) < 4.78 is 18.5. The fourth-order valence-corrected chi connectivity index (χ4v) is 2.99. The van der Waals surface area contributed by atoms with Crippen LogP contribution >= 0.6 is 12.4 Å². The van der Waals surface area contributed by atoms with E-state index in [0.29, 0.717) is 24.6 Å². The minimum Gasteiger partial charge on any atom is -0.380 e. The largest absolute Gasteiger partial charge is 0.380 e. The number of hydrogen-bond acceptors (Lipinski definition) is 3. The highest BCUT2D eigenvalue weighted by molar-refractivity contribution is 5.85. The van der Waals surface area contributed by atoms with Gasteiger partial charge in [-0.2, -0.15) is 0 Å². The van der Waals surface area contributed by atoms with Gasteiger partial charge in [0.2, 0.25) is 5.91 Å². The third kappa shape index (κ3) is 4.66. The molecule has 6 heteroatoms. The van der Waals surface area contributed by atoms with Crippen molar-refractivity contribution in [2.45, 2.75) is 32.4 Å². The lowest BCUT2D eigenvalue weighted by Gasteiger charge is -2.17. The van der Waals surface area contributed by atoms with Crippen molar-refractivity contribution in [1.29, 1.82) is 0 Å². The van der Waals surface area contributed by atoms with E-state index in [1.165, 1.54) is 13.2 Å². The quantitative estimate of drug-likeness (QED) is 0.841. The van der Waals surface area contributed by atoms with Crippen LogP contribution in [-0.4, -0.2) is 19.6 Å². The van der Waals surface area contributed by atoms with Gasteiger partial charge in [0.1, 0.15) is 5.82 Å². The van der Waals surface area contributed by atoms with Gasteiger partial charge in [-0.15, -0.1) is 12.4 Å². The lowest BCUT2D eigenvalue weighted by Crippen LogP contribution is -2.34. The van der Waals surface area contributed by atoms with E-state index in [1.54, 1.807) is 12.1 Å². The summed E-state index contributed by atoms with van der Waals surface area (Å²) in [5.41, 5.74) is 7.08. The van der Waals surface area contributed by atoms with Crippen LogP contribution in [0.3, 0.4) is 0 Å². The molecule has 1 saturated carbocycles. The molecule has 1 fully saturated rings. The summed E-state index contributed by atoms with van der Waals surface area (Å²) in [5.74, 6) is 0.0858. The van der Waals surface area contributed by atoms with Crippen LogP contribution in [0.2, 0.25) is 0 Å². The van der Waals surface area contributed by atoms with E-state index in [2.05, 4.69) is 5.32 Å². The average Bonchev–Trinajstić information content (AvgIpc) is 2.96. The number of amides is 1. The van der Waals surface area contributed by atoms with Crippen LogP contribution in [-0.2, 0) is 22.7 Å². The second-order valence-corrected chi connectivity index (χ2v) is 5.61. The number of rotatable bonds is 6. The molecule has 0 unspecified atom stereocenters. The number of benzene rings is 1. The van der Waals surface area contributed by atoms with Gasteiger partial charge in [-0.3, -0.25) is 4.79 Å². The van der Waals surface area contributed by atoms with Crippen LogP contribution in [0.1, 0.15) is 30.4 Å². The maximum absolute atomic E-state index is 13.5. The Morgan fingerprint density at radius 1 is 1.45 bits per heavy atom. The van der Waals surface area contributed by atoms with Crippen molar-refractivity contribution in [3.63, 3.8) is 0 Å². The second kappa shape index (κ2) is 9.08. The van der Waals surface area contributed by atoms with Crippen molar-refractivity contribution in [1.82, 2.24) is 5.32 Å². The zero-order valence-electron chi connectivity index (χ0n) is 12.8. The summed E-state index contributed by atoms with van der Waals surface area (Å²) in [6.45, 7) is 1.20. The Kier molecular flexibility index (Phi) is 7.79. The number of carbonyl (C=O) groups excluding carboxylic acids is 1. The lowest BCUT2D eigenvalue weighted by molar-refractivity contribution is -0.126. The highest BCUT2D eigenvalue weighted by atomic mass is 35.5. The number of nitrogens with one attached hydrogen (secondary N) is 1. The molecule has 2 atom stereocenters. The van der Waals surface area contributed by atoms with Crippen LogP contribution in [0.15, 0.2) is 18.2 Å². The van der Waals surface area contributed by atoms with Gasteiger partial charge in [0.15, 0.2) is 0 Å². The zero-order valence-corrected chi connectivity index (χ0v) is 13.6. The van der Waals surface area contributed by atoms with Gasteiger partial charge in [-0.1, -0.05) is 12.5 Å². The zero-order chi connectivity index (χ0) is 15.2. The third-order valence-corrected chi connectivity index (χ3v) is 4.18. The standard InChI is InChI=1S/C16H23FN2O2.ClH/c1-21-10-13-7-11(5-6-15(13)17)9-19-16(20)14-4-2-3-12(14)8-18;/h5-7,12,14H,2-4,8-10,18H2,1H3,(H,19,20);1H/t12-,14-;/m1./s1. The Labute approximate surface area is 137 Å². The van der Waals surface area contributed by atoms with E-state index in [9.17, 15) is 9.18 Å². The summed E-state index contributed by atoms with van der Waals surface area (Å²) in [6.07, 6.45) is 3.00. The van der Waals surface area contributed by atoms with Gasteiger partial charge in [0.05, 0.1) is 6.61 Å². The molecular weight excluding hydrogens is 307 g/mol. The molecule has 0 radical (unpaired) electrons. The molecule has 124 valence electrons. The first-order valence-corrected chi connectivity index (χ1v) is 7.39. The molecule has 0 saturated heterocycles. The minimum absolute atomic E-state index is 0. The lowest BCUT2D eigenvalue weighted by atomic mass is 9.95. The molecule has 0 aromatic heterocycles. The molecule has 1 aromatic rings. The predicted molar refractivity (Wildman–Crippen MR) is 86.1 cm³/mol. The molecule has 1 aromatic carbocycles. The Balaban J connectivity index is 0.00000242. The van der Waals surface area contributed by atoms with Crippen LogP contribution in [0.5, 0.6) is 0 Å². The highest BCUT2D eigenvalue weighted by Gasteiger charge is 2.31. The molecule has 4 nitrogen and oxygen atoms in total. The number of carbonyl (C=O) groups is 1. The molecule has 0 aliphatic heterocycles. The van der Waals surface area contributed by atoms with Crippen LogP contribution in [0.4, 0.5) is 4.39 Å². The Morgan fingerprint density at radius 3 is 2.91 bits per heavy atom. The molecule has 0 bridgehead atoms. The number of methoxy groups -OCH3 is 1. The van der Waals surface area contributed by atoms with Gasteiger partial charge in [0.25, 0.3) is 0 Å². The number of halogens is 2. The van der Waals surface area contributed by atoms with Gasteiger partial charge in [0, 0.05) is 25.1 Å². The van der Waals surface area contributed by atoms with Gasteiger partial charge >= 0.3 is 0 Å². The van der Waals surface area contributed by atoms with Crippen molar-refractivity contribution in [3.8, 4) is 0 Å². The summed E-state index contributed by atoms with van der Waals surface area (Å²) in [5, 5.41) is 2.94. The third-order valence-electron chi connectivity index (χ3n) is 4.18. The summed E-state index contributed by atoms with van der Waals surface area (Å²) >= 11 is 0. The number of hydrogen-bond donors (Lipinski definition) is 2. The maximum Gasteiger partial charge on any atom is 0.223 e. The highest BCUT2D eigenvalue weighted by Crippen LogP contribution is 2.31. The van der Waals surface area contributed by atoms with E-state index < -0.39 is 0 Å². The van der Waals surface area contributed by atoms with E-state index in [4.69, 9.17) is 10.5 Å². The van der Waals surface area contributed by atoms with Crippen molar-refractivity contribution in [3.05, 3.63) is 35.1 Å². The van der Waals surface area contributed by atoms with Crippen molar-refractivity contribution >= 4 is 18.3 Å². The first-order valence-electron chi connectivity index (χ1n) is 7.39. The molecule has 3 N–H and O–H groups in total. The van der Waals surface area contributed by atoms with Crippen molar-refractivity contribution in [2.75, 3.05) is 13.7 Å². The fraction of sp³-hybridized carbons (Fsp3) is 0.562. The van der Waals surface area contributed by atoms with E-state index in [-0.39, 0.29) is 36.7 Å². The van der Waals surface area contributed by atoms with Crippen LogP contribution in [0, 0.1) is 17.7 Å². The Morgan fingerprint density at radius 2 is 2.23 bits per heavy atom. The number of nitrogens with two attached hydrogens (primary N) is 1. The molecule has 1 amide bonds. The molecule has 22 heavy (non-hydrogen) atoms. The average molecular weight is 331 g/mol. The van der Waals surface area contributed by atoms with Crippen LogP contribution < -0.4 is 11.1 Å². The maximum atomic E-state index is 13.5. The SMILES string of the molecule is COCc1cc(CNC(=O)[C@@H]2CCC[C@@H]2CN)ccc1F.Cl. The topological polar surface area (TPSA) is 64.3 Å². The predicted octanol–water partition coefficient (Wildman–Crippen LogP) is 2.39. The van der Waals surface area contributed by atoms with E-state index in [1.807, 2.05) is 0 Å². The van der Waals surface area contributed by atoms with Crippen molar-refractivity contribution < 1.29 is 13.9 Å². The van der Waals surface area contributed by atoms with E-state index in [0.717, 1.165) is 24.8 Å². The van der Waals surface area contributed by atoms with Crippen molar-refractivity contribution in [2.24, 2.45) is 17.6 Å². The van der Waals surface area contributed by atoms with Gasteiger partial charge in [-0.25, -0.2) is 4.39 Å². The Hall–Kier alpha value is -1.17. The second-order valence-electron chi connectivity index (χ2n) is 5.61. The first-order chi connectivity index (χ1) is 10.2. The molecule has 2 rings (SSSR count). The van der Waals surface area contributed by atoms with Crippen LogP contribution in [0.25, 0.3) is 0 Å². The molecule has 1 aliphatic rings. The molecule has 0 spiro atoms. The van der Waals surface area contributed by atoms with Gasteiger partial charge < -0.3 is 15.8 Å². The normalized spacial score (nSPS) is 20.5. The number of ether oxygens (including phenoxy) is 1. The summed E-state index contributed by atoms with van der Waals surface area (Å²) in [4.78, 5) is 12.2. The van der Waals surface area contributed by atoms with Gasteiger partial charge in [-0.05, 0) is 43.0 Å². The first kappa shape index (κ1) is 18.9. The Bertz CT molecular complexity index is 499. The summed E-state index contributed by atoms with van der Waals surface area (Å²) in [6, 6.07) is 4.83.